The molecule has 3 heterocycles. The SMILES string of the molecule is CN(c1ccc2c(c1)OCC[C@H]2CCc1cnccc1C(=O)O)C1CCC(N2CCC2)CC1. The fraction of sp³-hybridized carbons (Fsp3) is 0.556. The van der Waals surface area contributed by atoms with Gasteiger partial charge < -0.3 is 19.6 Å². The van der Waals surface area contributed by atoms with Gasteiger partial charge in [0.15, 0.2) is 0 Å². The van der Waals surface area contributed by atoms with Crippen molar-refractivity contribution in [1.82, 2.24) is 9.88 Å². The van der Waals surface area contributed by atoms with Crippen molar-refractivity contribution >= 4 is 11.7 Å². The Hall–Kier alpha value is -2.60. The second-order valence-corrected chi connectivity index (χ2v) is 9.90. The summed E-state index contributed by atoms with van der Waals surface area (Å²) in [5, 5.41) is 9.45. The van der Waals surface area contributed by atoms with E-state index in [1.54, 1.807) is 18.5 Å². The van der Waals surface area contributed by atoms with E-state index in [2.05, 4.69) is 40.0 Å². The van der Waals surface area contributed by atoms with Crippen LogP contribution in [0.15, 0.2) is 36.7 Å². The van der Waals surface area contributed by atoms with Gasteiger partial charge in [0.1, 0.15) is 5.75 Å². The highest BCUT2D eigenvalue weighted by Crippen LogP contribution is 2.40. The lowest BCUT2D eigenvalue weighted by molar-refractivity contribution is 0.0695. The zero-order chi connectivity index (χ0) is 22.8. The number of nitrogens with zero attached hydrogens (tertiary/aromatic N) is 3. The molecule has 3 aliphatic rings. The first-order valence-corrected chi connectivity index (χ1v) is 12.5. The number of carboxylic acid groups (broad SMARTS) is 1. The number of aromatic nitrogens is 1. The summed E-state index contributed by atoms with van der Waals surface area (Å²) in [6.07, 6.45) is 12.3. The predicted octanol–water partition coefficient (Wildman–Crippen LogP) is 4.73. The minimum Gasteiger partial charge on any atom is -0.493 e. The first-order valence-electron chi connectivity index (χ1n) is 12.5. The zero-order valence-corrected chi connectivity index (χ0v) is 19.6. The fourth-order valence-electron chi connectivity index (χ4n) is 5.86. The van der Waals surface area contributed by atoms with Gasteiger partial charge in [-0.15, -0.1) is 0 Å². The van der Waals surface area contributed by atoms with Crippen LogP contribution in [-0.2, 0) is 6.42 Å². The molecular weight excluding hydrogens is 414 g/mol. The Morgan fingerprint density at radius 2 is 2.00 bits per heavy atom. The van der Waals surface area contributed by atoms with E-state index in [1.807, 2.05) is 0 Å². The van der Waals surface area contributed by atoms with Crippen molar-refractivity contribution in [2.24, 2.45) is 0 Å². The van der Waals surface area contributed by atoms with E-state index in [0.29, 0.717) is 30.6 Å². The number of likely N-dealkylation sites (tertiary alicyclic amines) is 1. The number of hydrogen-bond acceptors (Lipinski definition) is 5. The van der Waals surface area contributed by atoms with E-state index in [0.717, 1.165) is 30.2 Å². The second kappa shape index (κ2) is 9.72. The van der Waals surface area contributed by atoms with Crippen LogP contribution < -0.4 is 9.64 Å². The number of pyridine rings is 1. The topological polar surface area (TPSA) is 65.9 Å². The molecule has 5 rings (SSSR count). The molecule has 0 spiro atoms. The largest absolute Gasteiger partial charge is 0.493 e. The molecule has 33 heavy (non-hydrogen) atoms. The third kappa shape index (κ3) is 4.72. The molecule has 6 nitrogen and oxygen atoms in total. The molecule has 1 aromatic heterocycles. The molecular formula is C27H35N3O3. The molecule has 1 aliphatic carbocycles. The fourth-order valence-corrected chi connectivity index (χ4v) is 5.86. The number of fused-ring (bicyclic) bond motifs is 1. The highest BCUT2D eigenvalue weighted by Gasteiger charge is 2.31. The number of carbonyl (C=O) groups is 1. The Labute approximate surface area is 196 Å². The molecule has 2 fully saturated rings. The Kier molecular flexibility index (Phi) is 6.54. The number of anilines is 1. The Morgan fingerprint density at radius 1 is 1.18 bits per heavy atom. The maximum absolute atomic E-state index is 11.5. The second-order valence-electron chi connectivity index (χ2n) is 9.90. The van der Waals surface area contributed by atoms with Crippen molar-refractivity contribution in [2.45, 2.75) is 69.4 Å². The Morgan fingerprint density at radius 3 is 2.73 bits per heavy atom. The third-order valence-electron chi connectivity index (χ3n) is 8.09. The number of ether oxygens (including phenoxy) is 1. The van der Waals surface area contributed by atoms with Gasteiger partial charge in [0, 0.05) is 43.3 Å². The standard InChI is InChI=1S/C27H35N3O3/c1-29(21-5-7-22(8-6-21)30-14-2-15-30)23-9-10-24-19(12-16-33-26(24)17-23)3-4-20-18-28-13-11-25(20)27(31)32/h9-11,13,17-19,21-22H,2-8,12,14-16H2,1H3,(H,31,32)/t19-,21?,22?/m1/s1. The Balaban J connectivity index is 1.23. The lowest BCUT2D eigenvalue weighted by Gasteiger charge is -2.44. The Bertz CT molecular complexity index is 982. The highest BCUT2D eigenvalue weighted by molar-refractivity contribution is 5.89. The minimum atomic E-state index is -0.883. The van der Waals surface area contributed by atoms with Crippen LogP contribution in [-0.4, -0.2) is 59.8 Å². The van der Waals surface area contributed by atoms with Gasteiger partial charge in [-0.2, -0.15) is 0 Å². The monoisotopic (exact) mass is 449 g/mol. The third-order valence-corrected chi connectivity index (χ3v) is 8.09. The van der Waals surface area contributed by atoms with Crippen molar-refractivity contribution in [1.29, 1.82) is 0 Å². The summed E-state index contributed by atoms with van der Waals surface area (Å²) in [7, 11) is 2.23. The van der Waals surface area contributed by atoms with Gasteiger partial charge in [0.05, 0.1) is 12.2 Å². The van der Waals surface area contributed by atoms with Crippen LogP contribution in [0.5, 0.6) is 5.75 Å². The molecule has 1 saturated heterocycles. The molecule has 1 aromatic carbocycles. The van der Waals surface area contributed by atoms with E-state index in [-0.39, 0.29) is 0 Å². The molecule has 0 unspecified atom stereocenters. The molecule has 2 aliphatic heterocycles. The van der Waals surface area contributed by atoms with Crippen LogP contribution in [0.4, 0.5) is 5.69 Å². The van der Waals surface area contributed by atoms with Gasteiger partial charge in [0.25, 0.3) is 0 Å². The van der Waals surface area contributed by atoms with Gasteiger partial charge in [-0.05, 0) is 93.6 Å². The van der Waals surface area contributed by atoms with Crippen LogP contribution >= 0.6 is 0 Å². The number of aryl methyl sites for hydroxylation is 1. The van der Waals surface area contributed by atoms with Gasteiger partial charge in [-0.3, -0.25) is 4.98 Å². The van der Waals surface area contributed by atoms with Crippen molar-refractivity contribution in [3.8, 4) is 5.75 Å². The predicted molar refractivity (Wildman–Crippen MR) is 129 cm³/mol. The molecule has 176 valence electrons. The normalized spacial score (nSPS) is 24.9. The van der Waals surface area contributed by atoms with Crippen molar-refractivity contribution in [2.75, 3.05) is 31.6 Å². The van der Waals surface area contributed by atoms with Gasteiger partial charge >= 0.3 is 5.97 Å². The quantitative estimate of drug-likeness (QED) is 0.659. The molecule has 6 heteroatoms. The first-order chi connectivity index (χ1) is 16.1. The number of aromatic carboxylic acids is 1. The van der Waals surface area contributed by atoms with Crippen molar-refractivity contribution in [3.05, 3.63) is 53.3 Å². The number of carboxylic acids is 1. The van der Waals surface area contributed by atoms with Crippen LogP contribution in [0.1, 0.15) is 72.3 Å². The van der Waals surface area contributed by atoms with Crippen LogP contribution in [0.2, 0.25) is 0 Å². The molecule has 0 bridgehead atoms. The van der Waals surface area contributed by atoms with Crippen LogP contribution in [0.25, 0.3) is 0 Å². The molecule has 1 saturated carbocycles. The lowest BCUT2D eigenvalue weighted by atomic mass is 9.86. The van der Waals surface area contributed by atoms with Gasteiger partial charge in [0.2, 0.25) is 0 Å². The molecule has 1 N–H and O–H groups in total. The van der Waals surface area contributed by atoms with Gasteiger partial charge in [-0.1, -0.05) is 6.07 Å². The summed E-state index contributed by atoms with van der Waals surface area (Å²) in [5.74, 6) is 0.489. The molecule has 0 amide bonds. The summed E-state index contributed by atoms with van der Waals surface area (Å²) in [6, 6.07) is 9.69. The lowest BCUT2D eigenvalue weighted by Crippen LogP contribution is -2.48. The summed E-state index contributed by atoms with van der Waals surface area (Å²) in [6.45, 7) is 3.31. The van der Waals surface area contributed by atoms with Crippen LogP contribution in [0, 0.1) is 0 Å². The number of hydrogen-bond donors (Lipinski definition) is 1. The van der Waals surface area contributed by atoms with Crippen LogP contribution in [0.3, 0.4) is 0 Å². The van der Waals surface area contributed by atoms with E-state index in [1.165, 1.54) is 56.4 Å². The van der Waals surface area contributed by atoms with E-state index < -0.39 is 5.97 Å². The average Bonchev–Trinajstić information content (AvgIpc) is 2.81. The van der Waals surface area contributed by atoms with Gasteiger partial charge in [-0.25, -0.2) is 4.79 Å². The molecule has 1 atom stereocenters. The summed E-state index contributed by atoms with van der Waals surface area (Å²) >= 11 is 0. The summed E-state index contributed by atoms with van der Waals surface area (Å²) in [4.78, 5) is 20.8. The summed E-state index contributed by atoms with van der Waals surface area (Å²) in [5.41, 5.74) is 3.66. The number of benzene rings is 1. The number of rotatable bonds is 7. The maximum atomic E-state index is 11.5. The maximum Gasteiger partial charge on any atom is 0.336 e. The molecule has 2 aromatic rings. The van der Waals surface area contributed by atoms with E-state index in [4.69, 9.17) is 4.74 Å². The highest BCUT2D eigenvalue weighted by atomic mass is 16.5. The average molecular weight is 450 g/mol. The van der Waals surface area contributed by atoms with Crippen molar-refractivity contribution < 1.29 is 14.6 Å². The molecule has 0 radical (unpaired) electrons. The first kappa shape index (κ1) is 22.2. The summed E-state index contributed by atoms with van der Waals surface area (Å²) < 4.78 is 6.08. The van der Waals surface area contributed by atoms with E-state index >= 15 is 0 Å². The van der Waals surface area contributed by atoms with E-state index in [9.17, 15) is 9.90 Å². The van der Waals surface area contributed by atoms with Crippen molar-refractivity contribution in [3.63, 3.8) is 0 Å². The smallest absolute Gasteiger partial charge is 0.336 e. The minimum absolute atomic E-state index is 0.359. The zero-order valence-electron chi connectivity index (χ0n) is 19.6.